The first-order valence-corrected chi connectivity index (χ1v) is 13.1. The van der Waals surface area contributed by atoms with Crippen LogP contribution in [0.2, 0.25) is 0 Å². The molecule has 3 aromatic rings. The molecule has 3 aromatic carbocycles. The molecule has 1 atom stereocenters. The highest BCUT2D eigenvalue weighted by molar-refractivity contribution is 7.87. The Hall–Kier alpha value is -3.23. The van der Waals surface area contributed by atoms with E-state index >= 15 is 0 Å². The molecule has 0 amide bonds. The highest BCUT2D eigenvalue weighted by Gasteiger charge is 2.36. The van der Waals surface area contributed by atoms with Gasteiger partial charge in [-0.15, -0.1) is 0 Å². The third-order valence-corrected chi connectivity index (χ3v) is 7.97. The molecule has 0 aliphatic carbocycles. The standard InChI is InChI=1S/C27H29NO6S/c1-4-33-26-16-21-19(15-25(26)32-3)12-13-28-17-22-18(14-23(21)28)10-11-24(31-2)27(22)34-35(29,30)20-8-6-5-7-9-20/h5-11,15-16,23H,4,12-14,17H2,1-3H3. The van der Waals surface area contributed by atoms with E-state index in [2.05, 4.69) is 17.0 Å². The monoisotopic (exact) mass is 495 g/mol. The summed E-state index contributed by atoms with van der Waals surface area (Å²) in [6.45, 7) is 3.92. The third-order valence-electron chi connectivity index (χ3n) is 6.73. The van der Waals surface area contributed by atoms with Gasteiger partial charge in [0.15, 0.2) is 23.0 Å². The minimum absolute atomic E-state index is 0.109. The van der Waals surface area contributed by atoms with E-state index in [4.69, 9.17) is 18.4 Å². The number of methoxy groups -OCH3 is 2. The van der Waals surface area contributed by atoms with Crippen molar-refractivity contribution in [2.45, 2.75) is 37.2 Å². The van der Waals surface area contributed by atoms with Crippen LogP contribution in [-0.4, -0.2) is 40.7 Å². The van der Waals surface area contributed by atoms with Crippen molar-refractivity contribution >= 4 is 10.1 Å². The summed E-state index contributed by atoms with van der Waals surface area (Å²) in [5, 5.41) is 0. The van der Waals surface area contributed by atoms with Crippen LogP contribution in [-0.2, 0) is 29.5 Å². The van der Waals surface area contributed by atoms with Crippen LogP contribution in [0, 0.1) is 0 Å². The van der Waals surface area contributed by atoms with E-state index in [1.165, 1.54) is 30.4 Å². The topological polar surface area (TPSA) is 74.3 Å². The van der Waals surface area contributed by atoms with E-state index in [1.807, 2.05) is 13.0 Å². The van der Waals surface area contributed by atoms with Crippen LogP contribution < -0.4 is 18.4 Å². The Labute approximate surface area is 206 Å². The van der Waals surface area contributed by atoms with Crippen LogP contribution >= 0.6 is 0 Å². The molecule has 5 rings (SSSR count). The van der Waals surface area contributed by atoms with E-state index in [0.29, 0.717) is 18.9 Å². The molecule has 0 bridgehead atoms. The quantitative estimate of drug-likeness (QED) is 0.446. The fourth-order valence-electron chi connectivity index (χ4n) is 5.04. The van der Waals surface area contributed by atoms with Crippen LogP contribution in [0.15, 0.2) is 59.5 Å². The van der Waals surface area contributed by atoms with Gasteiger partial charge in [-0.1, -0.05) is 24.3 Å². The predicted molar refractivity (Wildman–Crippen MR) is 132 cm³/mol. The fraction of sp³-hybridized carbons (Fsp3) is 0.333. The Bertz CT molecular complexity index is 1340. The molecule has 1 unspecified atom stereocenters. The van der Waals surface area contributed by atoms with Crippen molar-refractivity contribution in [1.82, 2.24) is 4.90 Å². The largest absolute Gasteiger partial charge is 0.493 e. The van der Waals surface area contributed by atoms with Gasteiger partial charge in [-0.2, -0.15) is 8.42 Å². The molecule has 0 saturated heterocycles. The lowest BCUT2D eigenvalue weighted by Crippen LogP contribution is -2.39. The maximum Gasteiger partial charge on any atom is 0.339 e. The average molecular weight is 496 g/mol. The van der Waals surface area contributed by atoms with Gasteiger partial charge in [0.25, 0.3) is 0 Å². The predicted octanol–water partition coefficient (Wildman–Crippen LogP) is 4.53. The molecule has 35 heavy (non-hydrogen) atoms. The van der Waals surface area contributed by atoms with Crippen LogP contribution in [0.5, 0.6) is 23.0 Å². The lowest BCUT2D eigenvalue weighted by Gasteiger charge is -2.42. The van der Waals surface area contributed by atoms with Gasteiger partial charge in [0.05, 0.1) is 20.8 Å². The first-order chi connectivity index (χ1) is 16.9. The van der Waals surface area contributed by atoms with Crippen molar-refractivity contribution in [3.63, 3.8) is 0 Å². The van der Waals surface area contributed by atoms with Crippen LogP contribution in [0.3, 0.4) is 0 Å². The molecule has 8 heteroatoms. The first-order valence-electron chi connectivity index (χ1n) is 11.7. The van der Waals surface area contributed by atoms with Crippen LogP contribution in [0.4, 0.5) is 0 Å². The van der Waals surface area contributed by atoms with Gasteiger partial charge < -0.3 is 18.4 Å². The molecule has 0 saturated carbocycles. The number of hydrogen-bond acceptors (Lipinski definition) is 7. The Kier molecular flexibility index (Phi) is 6.34. The van der Waals surface area contributed by atoms with E-state index in [0.717, 1.165) is 42.0 Å². The average Bonchev–Trinajstić information content (AvgIpc) is 2.88. The summed E-state index contributed by atoms with van der Waals surface area (Å²) in [7, 11) is -0.822. The summed E-state index contributed by atoms with van der Waals surface area (Å²) in [4.78, 5) is 2.48. The fourth-order valence-corrected chi connectivity index (χ4v) is 6.03. The van der Waals surface area contributed by atoms with Crippen molar-refractivity contribution < 1.29 is 26.8 Å². The molecule has 0 spiro atoms. The minimum atomic E-state index is -4.01. The summed E-state index contributed by atoms with van der Waals surface area (Å²) in [5.41, 5.74) is 4.38. The molecule has 0 fully saturated rings. The maximum absolute atomic E-state index is 13.0. The summed E-state index contributed by atoms with van der Waals surface area (Å²) >= 11 is 0. The lowest BCUT2D eigenvalue weighted by molar-refractivity contribution is 0.158. The van der Waals surface area contributed by atoms with Gasteiger partial charge in [-0.3, -0.25) is 4.90 Å². The molecule has 0 radical (unpaired) electrons. The number of hydrogen-bond donors (Lipinski definition) is 0. The van der Waals surface area contributed by atoms with Gasteiger partial charge in [0, 0.05) is 24.7 Å². The smallest absolute Gasteiger partial charge is 0.339 e. The van der Waals surface area contributed by atoms with Crippen molar-refractivity contribution in [1.29, 1.82) is 0 Å². The molecule has 0 aromatic heterocycles. The van der Waals surface area contributed by atoms with Crippen molar-refractivity contribution in [3.8, 4) is 23.0 Å². The minimum Gasteiger partial charge on any atom is -0.493 e. The normalized spacial score (nSPS) is 17.1. The zero-order valence-corrected chi connectivity index (χ0v) is 20.9. The van der Waals surface area contributed by atoms with Crippen molar-refractivity contribution in [2.75, 3.05) is 27.4 Å². The highest BCUT2D eigenvalue weighted by Crippen LogP contribution is 2.46. The Morgan fingerprint density at radius 2 is 1.71 bits per heavy atom. The third kappa shape index (κ3) is 4.32. The summed E-state index contributed by atoms with van der Waals surface area (Å²) in [6.07, 6.45) is 1.60. The summed E-state index contributed by atoms with van der Waals surface area (Å²) in [5.74, 6) is 2.17. The van der Waals surface area contributed by atoms with Crippen molar-refractivity contribution in [2.24, 2.45) is 0 Å². The maximum atomic E-state index is 13.0. The van der Waals surface area contributed by atoms with Gasteiger partial charge in [-0.05, 0) is 66.8 Å². The molecule has 2 heterocycles. The van der Waals surface area contributed by atoms with E-state index in [9.17, 15) is 8.42 Å². The van der Waals surface area contributed by atoms with Gasteiger partial charge in [0.1, 0.15) is 4.90 Å². The summed E-state index contributed by atoms with van der Waals surface area (Å²) in [6, 6.07) is 16.3. The zero-order valence-electron chi connectivity index (χ0n) is 20.1. The number of ether oxygens (including phenoxy) is 3. The SMILES string of the molecule is CCOc1cc2c(cc1OC)CCN1Cc3c(ccc(OC)c3OS(=O)(=O)c3ccccc3)CC21. The highest BCUT2D eigenvalue weighted by atomic mass is 32.2. The van der Waals surface area contributed by atoms with E-state index < -0.39 is 10.1 Å². The molecular weight excluding hydrogens is 466 g/mol. The van der Waals surface area contributed by atoms with Crippen LogP contribution in [0.1, 0.15) is 35.2 Å². The number of benzene rings is 3. The van der Waals surface area contributed by atoms with Gasteiger partial charge in [-0.25, -0.2) is 0 Å². The molecule has 2 aliphatic heterocycles. The number of fused-ring (bicyclic) bond motifs is 4. The molecule has 184 valence electrons. The molecular formula is C27H29NO6S. The first kappa shape index (κ1) is 23.5. The van der Waals surface area contributed by atoms with E-state index in [-0.39, 0.29) is 16.7 Å². The Balaban J connectivity index is 1.53. The second-order valence-electron chi connectivity index (χ2n) is 8.66. The van der Waals surface area contributed by atoms with E-state index in [1.54, 1.807) is 31.4 Å². The van der Waals surface area contributed by atoms with Crippen molar-refractivity contribution in [3.05, 3.63) is 76.9 Å². The van der Waals surface area contributed by atoms with Gasteiger partial charge >= 0.3 is 10.1 Å². The molecule has 0 N–H and O–H groups in total. The second-order valence-corrected chi connectivity index (χ2v) is 10.2. The van der Waals surface area contributed by atoms with Crippen LogP contribution in [0.25, 0.3) is 0 Å². The Morgan fingerprint density at radius 3 is 2.43 bits per heavy atom. The number of nitrogens with zero attached hydrogens (tertiary/aromatic N) is 1. The van der Waals surface area contributed by atoms with Gasteiger partial charge in [0.2, 0.25) is 0 Å². The zero-order chi connectivity index (χ0) is 24.6. The Morgan fingerprint density at radius 1 is 0.943 bits per heavy atom. The molecule has 2 aliphatic rings. The second kappa shape index (κ2) is 9.43. The molecule has 7 nitrogen and oxygen atoms in total. The number of rotatable bonds is 7. The summed E-state index contributed by atoms with van der Waals surface area (Å²) < 4.78 is 48.7. The lowest BCUT2D eigenvalue weighted by atomic mass is 9.83.